The van der Waals surface area contributed by atoms with Gasteiger partial charge in [0.25, 0.3) is 5.56 Å². The number of nitrogens with zero attached hydrogens (tertiary/aromatic N) is 1. The number of hydrogen-bond donors (Lipinski definition) is 2. The van der Waals surface area contributed by atoms with Crippen LogP contribution in [0.5, 0.6) is 0 Å². The van der Waals surface area contributed by atoms with Crippen molar-refractivity contribution in [3.8, 4) is 0 Å². The van der Waals surface area contributed by atoms with E-state index in [9.17, 15) is 14.4 Å². The molecular weight excluding hydrogens is 210 g/mol. The van der Waals surface area contributed by atoms with Crippen LogP contribution in [0.15, 0.2) is 35.8 Å². The third-order valence-corrected chi connectivity index (χ3v) is 1.76. The van der Waals surface area contributed by atoms with Gasteiger partial charge in [-0.05, 0) is 12.1 Å². The highest BCUT2D eigenvalue weighted by Gasteiger charge is 2.03. The average Bonchev–Trinajstić information content (AvgIpc) is 2.22. The normalized spacial score (nSPS) is 9.50. The van der Waals surface area contributed by atoms with E-state index in [1.54, 1.807) is 0 Å². The summed E-state index contributed by atoms with van der Waals surface area (Å²) in [7, 11) is 0. The molecule has 0 bridgehead atoms. The Morgan fingerprint density at radius 3 is 2.75 bits per heavy atom. The van der Waals surface area contributed by atoms with E-state index in [0.717, 1.165) is 10.6 Å². The van der Waals surface area contributed by atoms with E-state index in [1.165, 1.54) is 18.3 Å². The number of pyridine rings is 1. The number of primary amides is 1. The van der Waals surface area contributed by atoms with Gasteiger partial charge in [0.15, 0.2) is 0 Å². The van der Waals surface area contributed by atoms with Gasteiger partial charge in [0.1, 0.15) is 6.54 Å². The minimum Gasteiger partial charge on any atom is -0.368 e. The van der Waals surface area contributed by atoms with Crippen molar-refractivity contribution in [1.29, 1.82) is 0 Å². The third kappa shape index (κ3) is 3.09. The van der Waals surface area contributed by atoms with Gasteiger partial charge in [0, 0.05) is 12.3 Å². The molecule has 0 saturated heterocycles. The minimum atomic E-state index is -0.630. The zero-order chi connectivity index (χ0) is 12.1. The summed E-state index contributed by atoms with van der Waals surface area (Å²) in [5, 5.41) is 2.46. The summed E-state index contributed by atoms with van der Waals surface area (Å²) in [4.78, 5) is 32.9. The molecule has 3 N–H and O–H groups in total. The first-order valence-corrected chi connectivity index (χ1v) is 4.45. The van der Waals surface area contributed by atoms with E-state index in [1.807, 2.05) is 0 Å². The van der Waals surface area contributed by atoms with E-state index in [2.05, 4.69) is 11.9 Å². The van der Waals surface area contributed by atoms with Crippen molar-refractivity contribution < 1.29 is 9.59 Å². The van der Waals surface area contributed by atoms with Crippen molar-refractivity contribution in [2.24, 2.45) is 5.73 Å². The lowest BCUT2D eigenvalue weighted by molar-refractivity contribution is -0.118. The van der Waals surface area contributed by atoms with Gasteiger partial charge >= 0.3 is 0 Å². The Hall–Kier alpha value is -2.37. The quantitative estimate of drug-likeness (QED) is 0.668. The standard InChI is InChI=1S/C10H11N3O3/c1-2-9(15)12-7-3-4-10(16)13(5-7)6-8(11)14/h2-5H,1,6H2,(H2,11,14)(H,12,15). The molecule has 0 aliphatic rings. The highest BCUT2D eigenvalue weighted by atomic mass is 16.2. The van der Waals surface area contributed by atoms with Crippen LogP contribution in [0.1, 0.15) is 0 Å². The SMILES string of the molecule is C=CC(=O)Nc1ccc(=O)n(CC(N)=O)c1. The second kappa shape index (κ2) is 4.92. The van der Waals surface area contributed by atoms with Crippen molar-refractivity contribution in [3.05, 3.63) is 41.3 Å². The van der Waals surface area contributed by atoms with Crippen LogP contribution in [-0.2, 0) is 16.1 Å². The molecule has 0 aliphatic heterocycles. The fourth-order valence-electron chi connectivity index (χ4n) is 1.09. The molecule has 0 spiro atoms. The highest BCUT2D eigenvalue weighted by Crippen LogP contribution is 2.02. The van der Waals surface area contributed by atoms with Crippen molar-refractivity contribution >= 4 is 17.5 Å². The van der Waals surface area contributed by atoms with E-state index in [0.29, 0.717) is 5.69 Å². The number of carbonyl (C=O) groups excluding carboxylic acids is 2. The summed E-state index contributed by atoms with van der Waals surface area (Å²) >= 11 is 0. The molecule has 6 heteroatoms. The summed E-state index contributed by atoms with van der Waals surface area (Å²) in [5.74, 6) is -1.03. The molecule has 84 valence electrons. The number of anilines is 1. The van der Waals surface area contributed by atoms with E-state index < -0.39 is 11.8 Å². The smallest absolute Gasteiger partial charge is 0.251 e. The summed E-state index contributed by atoms with van der Waals surface area (Å²) in [6.45, 7) is 3.06. The molecule has 16 heavy (non-hydrogen) atoms. The fraction of sp³-hybridized carbons (Fsp3) is 0.100. The summed E-state index contributed by atoms with van der Waals surface area (Å²) < 4.78 is 1.11. The predicted molar refractivity (Wildman–Crippen MR) is 58.7 cm³/mol. The molecule has 0 aliphatic carbocycles. The second-order valence-electron chi connectivity index (χ2n) is 3.04. The Bertz CT molecular complexity index is 490. The zero-order valence-corrected chi connectivity index (χ0v) is 8.47. The van der Waals surface area contributed by atoms with Gasteiger partial charge in [-0.3, -0.25) is 14.4 Å². The zero-order valence-electron chi connectivity index (χ0n) is 8.47. The van der Waals surface area contributed by atoms with Gasteiger partial charge in [-0.1, -0.05) is 6.58 Å². The molecule has 0 radical (unpaired) electrons. The number of rotatable bonds is 4. The monoisotopic (exact) mass is 221 g/mol. The van der Waals surface area contributed by atoms with Crippen LogP contribution in [0.2, 0.25) is 0 Å². The van der Waals surface area contributed by atoms with E-state index in [4.69, 9.17) is 5.73 Å². The van der Waals surface area contributed by atoms with Gasteiger partial charge in [0.2, 0.25) is 11.8 Å². The van der Waals surface area contributed by atoms with Crippen molar-refractivity contribution in [1.82, 2.24) is 4.57 Å². The first kappa shape index (κ1) is 11.7. The molecule has 2 amide bonds. The fourth-order valence-corrected chi connectivity index (χ4v) is 1.09. The largest absolute Gasteiger partial charge is 0.368 e. The Balaban J connectivity index is 2.97. The molecule has 0 unspecified atom stereocenters. The Morgan fingerprint density at radius 2 is 2.19 bits per heavy atom. The molecule has 1 heterocycles. The molecule has 0 saturated carbocycles. The summed E-state index contributed by atoms with van der Waals surface area (Å²) in [5.41, 5.74) is 5.00. The molecule has 6 nitrogen and oxygen atoms in total. The summed E-state index contributed by atoms with van der Waals surface area (Å²) in [6.07, 6.45) is 2.44. The van der Waals surface area contributed by atoms with Crippen LogP contribution in [0.4, 0.5) is 5.69 Å². The maximum absolute atomic E-state index is 11.3. The number of amides is 2. The number of nitrogens with two attached hydrogens (primary N) is 1. The van der Waals surface area contributed by atoms with Crippen LogP contribution < -0.4 is 16.6 Å². The lowest BCUT2D eigenvalue weighted by Gasteiger charge is -2.06. The summed E-state index contributed by atoms with van der Waals surface area (Å²) in [6, 6.07) is 2.67. The number of aromatic nitrogens is 1. The number of carbonyl (C=O) groups is 2. The topological polar surface area (TPSA) is 94.2 Å². The van der Waals surface area contributed by atoms with Crippen LogP contribution in [-0.4, -0.2) is 16.4 Å². The Labute approximate surface area is 91.4 Å². The molecule has 0 aromatic carbocycles. The lowest BCUT2D eigenvalue weighted by Crippen LogP contribution is -2.27. The van der Waals surface area contributed by atoms with E-state index in [-0.39, 0.29) is 12.1 Å². The maximum Gasteiger partial charge on any atom is 0.251 e. The molecular formula is C10H11N3O3. The molecule has 1 rings (SSSR count). The first-order chi connectivity index (χ1) is 7.52. The van der Waals surface area contributed by atoms with Gasteiger partial charge in [-0.2, -0.15) is 0 Å². The van der Waals surface area contributed by atoms with Crippen LogP contribution >= 0.6 is 0 Å². The van der Waals surface area contributed by atoms with Crippen molar-refractivity contribution in [3.63, 3.8) is 0 Å². The van der Waals surface area contributed by atoms with Crippen LogP contribution in [0.3, 0.4) is 0 Å². The first-order valence-electron chi connectivity index (χ1n) is 4.45. The average molecular weight is 221 g/mol. The van der Waals surface area contributed by atoms with Crippen molar-refractivity contribution in [2.45, 2.75) is 6.54 Å². The maximum atomic E-state index is 11.3. The third-order valence-electron chi connectivity index (χ3n) is 1.76. The molecule has 1 aromatic heterocycles. The van der Waals surface area contributed by atoms with Gasteiger partial charge < -0.3 is 15.6 Å². The molecule has 0 fully saturated rings. The number of hydrogen-bond acceptors (Lipinski definition) is 3. The van der Waals surface area contributed by atoms with Crippen LogP contribution in [0.25, 0.3) is 0 Å². The van der Waals surface area contributed by atoms with Crippen LogP contribution in [0, 0.1) is 0 Å². The minimum absolute atomic E-state index is 0.226. The Kier molecular flexibility index (Phi) is 3.60. The van der Waals surface area contributed by atoms with Crippen molar-refractivity contribution in [2.75, 3.05) is 5.32 Å². The predicted octanol–water partition coefficient (Wildman–Crippen LogP) is -0.542. The van der Waals surface area contributed by atoms with E-state index >= 15 is 0 Å². The van der Waals surface area contributed by atoms with Gasteiger partial charge in [0.05, 0.1) is 5.69 Å². The Morgan fingerprint density at radius 1 is 1.50 bits per heavy atom. The number of nitrogens with one attached hydrogen (secondary N) is 1. The van der Waals surface area contributed by atoms with Gasteiger partial charge in [-0.25, -0.2) is 0 Å². The lowest BCUT2D eigenvalue weighted by atomic mass is 10.4. The second-order valence-corrected chi connectivity index (χ2v) is 3.04. The molecule has 1 aromatic rings. The molecule has 0 atom stereocenters. The highest BCUT2D eigenvalue weighted by molar-refractivity contribution is 5.98. The van der Waals surface area contributed by atoms with Gasteiger partial charge in [-0.15, -0.1) is 0 Å².